The van der Waals surface area contributed by atoms with Crippen molar-refractivity contribution in [1.82, 2.24) is 15.0 Å². The second kappa shape index (κ2) is 15.7. The van der Waals surface area contributed by atoms with Crippen molar-refractivity contribution in [2.24, 2.45) is 0 Å². The lowest BCUT2D eigenvalue weighted by Crippen LogP contribution is -2.01. The first kappa shape index (κ1) is 37.2. The molecule has 64 heavy (non-hydrogen) atoms. The quantitative estimate of drug-likeness (QED) is 0.150. The Morgan fingerprint density at radius 1 is 0.203 bits per heavy atom. The average Bonchev–Trinajstić information content (AvgIpc) is 3.38. The van der Waals surface area contributed by atoms with Crippen LogP contribution >= 0.6 is 0 Å². The zero-order chi connectivity index (χ0) is 42.4. The van der Waals surface area contributed by atoms with Gasteiger partial charge in [0.1, 0.15) is 0 Å². The summed E-state index contributed by atoms with van der Waals surface area (Å²) in [5.74, 6) is 1.91. The van der Waals surface area contributed by atoms with Gasteiger partial charge in [0.15, 0.2) is 17.5 Å². The van der Waals surface area contributed by atoms with E-state index in [9.17, 15) is 0 Å². The molecular weight excluding hydrogens is 775 g/mol. The van der Waals surface area contributed by atoms with E-state index in [0.717, 1.165) is 43.8 Å². The molecule has 0 saturated heterocycles. The number of fused-ring (bicyclic) bond motifs is 4. The Balaban J connectivity index is 1.04. The third kappa shape index (κ3) is 6.50. The summed E-state index contributed by atoms with van der Waals surface area (Å²) in [7, 11) is 0. The van der Waals surface area contributed by atoms with Gasteiger partial charge in [-0.1, -0.05) is 231 Å². The van der Waals surface area contributed by atoms with Gasteiger partial charge in [-0.25, -0.2) is 15.0 Å². The molecule has 0 aliphatic carbocycles. The standard InChI is InChI=1S/C61H39N3/c1-2-17-40(18-3-1)41-35-37-44(38-36-41)47-25-8-9-28-50(47)58-53-31-12-10-29-51(53)57(52-30-11-13-32-54(52)58)45-23-14-24-46(39-45)59-62-60(55-33-15-21-42-19-4-6-26-48(42)55)64-61(63-59)56-34-16-22-43-20-5-7-27-49(43)56/h1-39H. The number of rotatable bonds is 7. The first-order chi connectivity index (χ1) is 31.7. The molecule has 3 heteroatoms. The Morgan fingerprint density at radius 3 is 1.17 bits per heavy atom. The van der Waals surface area contributed by atoms with Crippen LogP contribution in [0.3, 0.4) is 0 Å². The van der Waals surface area contributed by atoms with Crippen LogP contribution in [0.25, 0.3) is 122 Å². The van der Waals surface area contributed by atoms with Crippen LogP contribution in [0.1, 0.15) is 0 Å². The van der Waals surface area contributed by atoms with Crippen LogP contribution < -0.4 is 0 Å². The molecule has 0 amide bonds. The summed E-state index contributed by atoms with van der Waals surface area (Å²) >= 11 is 0. The van der Waals surface area contributed by atoms with Crippen molar-refractivity contribution < 1.29 is 0 Å². The minimum absolute atomic E-state index is 0.625. The molecule has 3 nitrogen and oxygen atoms in total. The van der Waals surface area contributed by atoms with E-state index in [2.05, 4.69) is 237 Å². The van der Waals surface area contributed by atoms with Gasteiger partial charge in [0.2, 0.25) is 0 Å². The zero-order valence-corrected chi connectivity index (χ0v) is 34.9. The maximum Gasteiger partial charge on any atom is 0.164 e. The van der Waals surface area contributed by atoms with Crippen LogP contribution in [-0.2, 0) is 0 Å². The summed E-state index contributed by atoms with van der Waals surface area (Å²) in [6.07, 6.45) is 0. The Labute approximate surface area is 371 Å². The Kier molecular flexibility index (Phi) is 9.16. The molecule has 0 bridgehead atoms. The van der Waals surface area contributed by atoms with Crippen LogP contribution in [0, 0.1) is 0 Å². The van der Waals surface area contributed by atoms with E-state index >= 15 is 0 Å². The molecule has 0 saturated carbocycles. The highest BCUT2D eigenvalue weighted by molar-refractivity contribution is 6.22. The number of nitrogens with zero attached hydrogens (tertiary/aromatic N) is 3. The Bertz CT molecular complexity index is 3560. The highest BCUT2D eigenvalue weighted by Gasteiger charge is 2.21. The lowest BCUT2D eigenvalue weighted by molar-refractivity contribution is 1.08. The maximum atomic E-state index is 5.28. The van der Waals surface area contributed by atoms with Crippen molar-refractivity contribution in [1.29, 1.82) is 0 Å². The molecule has 0 N–H and O–H groups in total. The molecule has 12 aromatic rings. The minimum Gasteiger partial charge on any atom is -0.208 e. The number of hydrogen-bond acceptors (Lipinski definition) is 3. The average molecular weight is 814 g/mol. The van der Waals surface area contributed by atoms with Crippen molar-refractivity contribution in [3.05, 3.63) is 237 Å². The van der Waals surface area contributed by atoms with Crippen molar-refractivity contribution in [2.75, 3.05) is 0 Å². The van der Waals surface area contributed by atoms with Gasteiger partial charge in [-0.15, -0.1) is 0 Å². The molecule has 0 fully saturated rings. The largest absolute Gasteiger partial charge is 0.208 e. The summed E-state index contributed by atoms with van der Waals surface area (Å²) in [4.78, 5) is 15.8. The van der Waals surface area contributed by atoms with Crippen LogP contribution in [-0.4, -0.2) is 15.0 Å². The monoisotopic (exact) mass is 813 g/mol. The summed E-state index contributed by atoms with van der Waals surface area (Å²) in [6.45, 7) is 0. The van der Waals surface area contributed by atoms with Crippen LogP contribution in [0.2, 0.25) is 0 Å². The number of benzene rings is 11. The van der Waals surface area contributed by atoms with Crippen molar-refractivity contribution in [3.63, 3.8) is 0 Å². The third-order valence-corrected chi connectivity index (χ3v) is 12.5. The van der Waals surface area contributed by atoms with E-state index < -0.39 is 0 Å². The molecule has 11 aromatic carbocycles. The third-order valence-electron chi connectivity index (χ3n) is 12.5. The van der Waals surface area contributed by atoms with Crippen LogP contribution in [0.15, 0.2) is 237 Å². The Hall–Kier alpha value is -8.53. The first-order valence-corrected chi connectivity index (χ1v) is 21.8. The van der Waals surface area contributed by atoms with Gasteiger partial charge >= 0.3 is 0 Å². The van der Waals surface area contributed by atoms with Gasteiger partial charge in [-0.05, 0) is 93.7 Å². The predicted molar refractivity (Wildman–Crippen MR) is 268 cm³/mol. The molecule has 0 radical (unpaired) electrons. The van der Waals surface area contributed by atoms with E-state index in [1.54, 1.807) is 0 Å². The van der Waals surface area contributed by atoms with Gasteiger partial charge in [-0.2, -0.15) is 0 Å². The van der Waals surface area contributed by atoms with Crippen LogP contribution in [0.5, 0.6) is 0 Å². The molecule has 0 unspecified atom stereocenters. The zero-order valence-electron chi connectivity index (χ0n) is 34.9. The minimum atomic E-state index is 0.625. The summed E-state index contributed by atoms with van der Waals surface area (Å²) in [5, 5.41) is 9.26. The number of hydrogen-bond donors (Lipinski definition) is 0. The molecular formula is C61H39N3. The summed E-state index contributed by atoms with van der Waals surface area (Å²) in [5.41, 5.74) is 12.4. The smallest absolute Gasteiger partial charge is 0.164 e. The van der Waals surface area contributed by atoms with E-state index in [1.165, 1.54) is 60.5 Å². The van der Waals surface area contributed by atoms with Crippen molar-refractivity contribution in [3.8, 4) is 78.7 Å². The molecule has 0 spiro atoms. The van der Waals surface area contributed by atoms with Crippen molar-refractivity contribution in [2.45, 2.75) is 0 Å². The van der Waals surface area contributed by atoms with Gasteiger partial charge in [0.05, 0.1) is 0 Å². The fourth-order valence-corrected chi connectivity index (χ4v) is 9.56. The molecule has 12 rings (SSSR count). The molecule has 0 aliphatic rings. The van der Waals surface area contributed by atoms with E-state index in [-0.39, 0.29) is 0 Å². The van der Waals surface area contributed by atoms with Gasteiger partial charge in [0.25, 0.3) is 0 Å². The van der Waals surface area contributed by atoms with Gasteiger partial charge in [-0.3, -0.25) is 0 Å². The molecule has 1 heterocycles. The molecule has 0 atom stereocenters. The van der Waals surface area contributed by atoms with E-state index in [0.29, 0.717) is 17.5 Å². The van der Waals surface area contributed by atoms with Gasteiger partial charge < -0.3 is 0 Å². The summed E-state index contributed by atoms with van der Waals surface area (Å²) < 4.78 is 0. The first-order valence-electron chi connectivity index (χ1n) is 21.8. The number of aromatic nitrogens is 3. The predicted octanol–water partition coefficient (Wildman–Crippen LogP) is 16.2. The van der Waals surface area contributed by atoms with E-state index in [1.807, 2.05) is 0 Å². The topological polar surface area (TPSA) is 38.7 Å². The SMILES string of the molecule is c1ccc(-c2ccc(-c3ccccc3-c3c4ccccc4c(-c4cccc(-c5nc(-c6cccc7ccccc67)nc(-c6cccc7ccccc67)n5)c4)c4ccccc34)cc2)cc1. The fourth-order valence-electron chi connectivity index (χ4n) is 9.56. The lowest BCUT2D eigenvalue weighted by Gasteiger charge is -2.20. The van der Waals surface area contributed by atoms with Crippen molar-refractivity contribution >= 4 is 43.1 Å². The molecule has 0 aliphatic heterocycles. The molecule has 1 aromatic heterocycles. The van der Waals surface area contributed by atoms with Gasteiger partial charge in [0, 0.05) is 16.7 Å². The second-order valence-electron chi connectivity index (χ2n) is 16.3. The highest BCUT2D eigenvalue weighted by atomic mass is 15.0. The highest BCUT2D eigenvalue weighted by Crippen LogP contribution is 2.46. The lowest BCUT2D eigenvalue weighted by atomic mass is 9.83. The Morgan fingerprint density at radius 2 is 0.578 bits per heavy atom. The second-order valence-corrected chi connectivity index (χ2v) is 16.3. The maximum absolute atomic E-state index is 5.28. The fraction of sp³-hybridized carbons (Fsp3) is 0. The van der Waals surface area contributed by atoms with Crippen LogP contribution in [0.4, 0.5) is 0 Å². The molecule has 298 valence electrons. The normalized spacial score (nSPS) is 11.4. The summed E-state index contributed by atoms with van der Waals surface area (Å²) in [6, 6.07) is 84.3. The van der Waals surface area contributed by atoms with E-state index in [4.69, 9.17) is 15.0 Å².